The molecule has 1 aliphatic heterocycles. The molecule has 1 saturated heterocycles. The second-order valence-electron chi connectivity index (χ2n) is 10.8. The first-order chi connectivity index (χ1) is 20.7. The molecular weight excluding hydrogens is 572 g/mol. The van der Waals surface area contributed by atoms with E-state index in [0.29, 0.717) is 27.7 Å². The fourth-order valence-corrected chi connectivity index (χ4v) is 5.42. The number of nitrogens with zero attached hydrogens (tertiary/aromatic N) is 2. The van der Waals surface area contributed by atoms with Gasteiger partial charge in [-0.15, -0.1) is 0 Å². The Morgan fingerprint density at radius 3 is 2.77 bits per heavy atom. The fourth-order valence-electron chi connectivity index (χ4n) is 5.22. The smallest absolute Gasteiger partial charge is 0.407 e. The number of aliphatic hydroxyl groups excluding tert-OH is 1. The van der Waals surface area contributed by atoms with Crippen molar-refractivity contribution in [1.29, 1.82) is 0 Å². The summed E-state index contributed by atoms with van der Waals surface area (Å²) in [5, 5.41) is 17.4. The van der Waals surface area contributed by atoms with Gasteiger partial charge >= 0.3 is 6.09 Å². The molecule has 0 aliphatic carbocycles. The molecule has 4 aromatic rings. The van der Waals surface area contributed by atoms with Crippen molar-refractivity contribution in [3.8, 4) is 11.4 Å². The summed E-state index contributed by atoms with van der Waals surface area (Å²) in [6, 6.07) is 13.0. The van der Waals surface area contributed by atoms with Gasteiger partial charge in [-0.05, 0) is 68.1 Å². The topological polar surface area (TPSA) is 145 Å². The molecule has 1 fully saturated rings. The van der Waals surface area contributed by atoms with E-state index in [2.05, 4.69) is 31.6 Å². The summed E-state index contributed by atoms with van der Waals surface area (Å²) in [6.45, 7) is 5.77. The van der Waals surface area contributed by atoms with E-state index in [1.165, 1.54) is 0 Å². The first-order valence-corrected chi connectivity index (χ1v) is 14.7. The maximum atomic E-state index is 13.0. The molecule has 2 aromatic heterocycles. The van der Waals surface area contributed by atoms with Gasteiger partial charge in [0, 0.05) is 49.7 Å². The molecule has 11 nitrogen and oxygen atoms in total. The van der Waals surface area contributed by atoms with Crippen LogP contribution >= 0.6 is 11.6 Å². The van der Waals surface area contributed by atoms with Crippen LogP contribution in [0.25, 0.3) is 22.4 Å². The number of hydrogen-bond donors (Lipinski definition) is 5. The number of aliphatic hydroxyl groups is 1. The maximum Gasteiger partial charge on any atom is 0.407 e. The minimum absolute atomic E-state index is 0.0401. The number of alkyl carbamates (subject to hydrolysis) is 1. The van der Waals surface area contributed by atoms with Crippen molar-refractivity contribution in [2.24, 2.45) is 0 Å². The number of halogens is 1. The Kier molecular flexibility index (Phi) is 9.54. The quantitative estimate of drug-likeness (QED) is 0.173. The van der Waals surface area contributed by atoms with Crippen LogP contribution < -0.4 is 21.1 Å². The molecule has 5 rings (SSSR count). The molecule has 0 unspecified atom stereocenters. The van der Waals surface area contributed by atoms with Gasteiger partial charge in [-0.1, -0.05) is 23.7 Å². The van der Waals surface area contributed by atoms with Gasteiger partial charge in [0.15, 0.2) is 0 Å². The summed E-state index contributed by atoms with van der Waals surface area (Å²) in [6.07, 6.45) is 1.74. The number of amides is 1. The van der Waals surface area contributed by atoms with Gasteiger partial charge in [0.1, 0.15) is 18.0 Å². The van der Waals surface area contributed by atoms with Crippen molar-refractivity contribution in [3.05, 3.63) is 75.2 Å². The number of imidazole rings is 1. The highest BCUT2D eigenvalue weighted by Crippen LogP contribution is 2.31. The molecule has 0 bridgehead atoms. The van der Waals surface area contributed by atoms with Crippen LogP contribution in [0.15, 0.2) is 53.5 Å². The molecule has 2 aromatic carbocycles. The number of pyridine rings is 1. The monoisotopic (exact) mass is 608 g/mol. The normalized spacial score (nSPS) is 15.3. The number of hydrogen-bond acceptors (Lipinski definition) is 8. The van der Waals surface area contributed by atoms with Gasteiger partial charge in [0.05, 0.1) is 28.9 Å². The van der Waals surface area contributed by atoms with Gasteiger partial charge in [0.25, 0.3) is 5.56 Å². The lowest BCUT2D eigenvalue weighted by Gasteiger charge is -2.34. The van der Waals surface area contributed by atoms with Crippen LogP contribution in [0.2, 0.25) is 5.02 Å². The third-order valence-corrected chi connectivity index (χ3v) is 7.95. The molecule has 2 atom stereocenters. The summed E-state index contributed by atoms with van der Waals surface area (Å²) in [5.41, 5.74) is 4.89. The van der Waals surface area contributed by atoms with E-state index in [4.69, 9.17) is 26.1 Å². The number of piperidine rings is 1. The standard InChI is InChI=1S/C31H37ClN6O5/c1-18-13-23(38-11-8-22(9-12-38)35-31(41)43-17-19(2)42-3)15-25-28(18)37-29(36-25)27-24(7-10-33-30(27)40)34-16-26(39)20-5-4-6-21(32)14-20/h4-7,10,13-15,19,22,26,39H,8-9,11-12,16-17H2,1-3H3,(H,35,41)(H,36,37)(H2,33,34,40)/t19-,26+/m0/s1. The van der Waals surface area contributed by atoms with Crippen molar-refractivity contribution >= 4 is 40.1 Å². The molecule has 3 heterocycles. The molecule has 0 spiro atoms. The van der Waals surface area contributed by atoms with Gasteiger partial charge < -0.3 is 40.1 Å². The number of rotatable bonds is 10. The second kappa shape index (κ2) is 13.5. The Bertz CT molecular complexity index is 1630. The van der Waals surface area contributed by atoms with Crippen LogP contribution in [0.4, 0.5) is 16.2 Å². The Labute approximate surface area is 254 Å². The van der Waals surface area contributed by atoms with E-state index in [0.717, 1.165) is 48.2 Å². The number of nitrogens with one attached hydrogen (secondary N) is 4. The third-order valence-electron chi connectivity index (χ3n) is 7.71. The Balaban J connectivity index is 1.29. The van der Waals surface area contributed by atoms with E-state index in [1.54, 1.807) is 43.6 Å². The molecular formula is C31H37ClN6O5. The fraction of sp³-hybridized carbons (Fsp3) is 0.387. The zero-order valence-corrected chi connectivity index (χ0v) is 25.2. The second-order valence-corrected chi connectivity index (χ2v) is 11.3. The average molecular weight is 609 g/mol. The molecule has 5 N–H and O–H groups in total. The van der Waals surface area contributed by atoms with Crippen LogP contribution in [-0.4, -0.2) is 71.6 Å². The van der Waals surface area contributed by atoms with Crippen LogP contribution in [-0.2, 0) is 9.47 Å². The number of fused-ring (bicyclic) bond motifs is 1. The number of carbonyl (C=O) groups is 1. The minimum atomic E-state index is -0.823. The lowest BCUT2D eigenvalue weighted by molar-refractivity contribution is 0.0446. The number of H-pyrrole nitrogens is 2. The first kappa shape index (κ1) is 30.4. The number of benzene rings is 2. The largest absolute Gasteiger partial charge is 0.447 e. The third kappa shape index (κ3) is 7.30. The van der Waals surface area contributed by atoms with E-state index >= 15 is 0 Å². The molecule has 12 heteroatoms. The predicted octanol–water partition coefficient (Wildman–Crippen LogP) is 4.76. The number of aromatic amines is 2. The highest BCUT2D eigenvalue weighted by molar-refractivity contribution is 6.30. The van der Waals surface area contributed by atoms with Gasteiger partial charge in [0.2, 0.25) is 0 Å². The Morgan fingerprint density at radius 1 is 1.23 bits per heavy atom. The summed E-state index contributed by atoms with van der Waals surface area (Å²) in [7, 11) is 1.58. The SMILES string of the molecule is CO[C@@H](C)COC(=O)NC1CCN(c2cc(C)c3nc(-c4c(NC[C@@H](O)c5cccc(Cl)c5)cc[nH]c4=O)[nH]c3c2)CC1. The van der Waals surface area contributed by atoms with Crippen LogP contribution in [0.1, 0.15) is 37.0 Å². The van der Waals surface area contributed by atoms with Crippen LogP contribution in [0, 0.1) is 6.92 Å². The Morgan fingerprint density at radius 2 is 2.02 bits per heavy atom. The van der Waals surface area contributed by atoms with Crippen LogP contribution in [0.5, 0.6) is 0 Å². The van der Waals surface area contributed by atoms with E-state index < -0.39 is 12.2 Å². The van der Waals surface area contributed by atoms with E-state index in [1.807, 2.05) is 19.9 Å². The molecule has 1 aliphatic rings. The molecule has 0 saturated carbocycles. The number of ether oxygens (including phenoxy) is 2. The van der Waals surface area contributed by atoms with Crippen molar-refractivity contribution in [2.45, 2.75) is 44.9 Å². The highest BCUT2D eigenvalue weighted by Gasteiger charge is 2.23. The summed E-state index contributed by atoms with van der Waals surface area (Å²) in [5.74, 6) is 0.432. The number of methoxy groups -OCH3 is 1. The number of aromatic nitrogens is 3. The van der Waals surface area contributed by atoms with Crippen molar-refractivity contribution in [1.82, 2.24) is 20.3 Å². The average Bonchev–Trinajstić information content (AvgIpc) is 3.43. The van der Waals surface area contributed by atoms with Crippen molar-refractivity contribution in [2.75, 3.05) is 43.6 Å². The number of aryl methyl sites for hydroxylation is 1. The molecule has 43 heavy (non-hydrogen) atoms. The first-order valence-electron chi connectivity index (χ1n) is 14.3. The van der Waals surface area contributed by atoms with Crippen LogP contribution in [0.3, 0.4) is 0 Å². The zero-order chi connectivity index (χ0) is 30.5. The van der Waals surface area contributed by atoms with Gasteiger partial charge in [-0.2, -0.15) is 0 Å². The summed E-state index contributed by atoms with van der Waals surface area (Å²) < 4.78 is 10.4. The summed E-state index contributed by atoms with van der Waals surface area (Å²) >= 11 is 6.08. The maximum absolute atomic E-state index is 13.0. The lowest BCUT2D eigenvalue weighted by Crippen LogP contribution is -2.45. The number of carbonyl (C=O) groups excluding carboxylic acids is 1. The molecule has 0 radical (unpaired) electrons. The van der Waals surface area contributed by atoms with Crippen molar-refractivity contribution < 1.29 is 19.4 Å². The molecule has 228 valence electrons. The van der Waals surface area contributed by atoms with Crippen molar-refractivity contribution in [3.63, 3.8) is 0 Å². The van der Waals surface area contributed by atoms with Gasteiger partial charge in [-0.3, -0.25) is 4.79 Å². The highest BCUT2D eigenvalue weighted by atomic mass is 35.5. The predicted molar refractivity (Wildman–Crippen MR) is 168 cm³/mol. The van der Waals surface area contributed by atoms with Gasteiger partial charge in [-0.25, -0.2) is 9.78 Å². The minimum Gasteiger partial charge on any atom is -0.447 e. The Hall–Kier alpha value is -4.06. The molecule has 1 amide bonds. The summed E-state index contributed by atoms with van der Waals surface area (Å²) in [4.78, 5) is 38.3. The zero-order valence-electron chi connectivity index (χ0n) is 24.4. The van der Waals surface area contributed by atoms with E-state index in [-0.39, 0.29) is 30.9 Å². The number of anilines is 2. The van der Waals surface area contributed by atoms with E-state index in [9.17, 15) is 14.7 Å². The lowest BCUT2D eigenvalue weighted by atomic mass is 10.0.